The Morgan fingerprint density at radius 3 is 2.50 bits per heavy atom. The van der Waals surface area contributed by atoms with Crippen molar-refractivity contribution in [1.82, 2.24) is 29.2 Å². The zero-order chi connectivity index (χ0) is 28.9. The summed E-state index contributed by atoms with van der Waals surface area (Å²) in [6.07, 6.45) is -0.485. The van der Waals surface area contributed by atoms with E-state index in [0.717, 1.165) is 17.1 Å². The van der Waals surface area contributed by atoms with E-state index in [9.17, 15) is 22.8 Å². The fourth-order valence-corrected chi connectivity index (χ4v) is 4.49. The van der Waals surface area contributed by atoms with E-state index in [1.54, 1.807) is 7.05 Å². The van der Waals surface area contributed by atoms with Gasteiger partial charge in [-0.25, -0.2) is 14.6 Å². The SMILES string of the molecule is CN(C(=O)c1ccc(NC(=O)c2ncc(-c3cn(-c4ccc(N)cn4)nc3C(F)(F)F)n2C)cc1Cl)C1CC1N. The number of nitrogens with zero attached hydrogens (tertiary/aromatic N) is 6. The second kappa shape index (κ2) is 9.95. The molecule has 2 amide bonds. The minimum atomic E-state index is -4.80. The number of amides is 2. The summed E-state index contributed by atoms with van der Waals surface area (Å²) in [5.74, 6) is -1.05. The molecular formula is C25H23ClF3N9O2. The van der Waals surface area contributed by atoms with Gasteiger partial charge >= 0.3 is 6.18 Å². The van der Waals surface area contributed by atoms with E-state index in [2.05, 4.69) is 20.4 Å². The van der Waals surface area contributed by atoms with E-state index in [1.807, 2.05) is 0 Å². The molecule has 1 fully saturated rings. The Morgan fingerprint density at radius 1 is 1.18 bits per heavy atom. The summed E-state index contributed by atoms with van der Waals surface area (Å²) in [7, 11) is 3.05. The van der Waals surface area contributed by atoms with Gasteiger partial charge in [0, 0.05) is 38.1 Å². The second-order valence-corrected chi connectivity index (χ2v) is 9.75. The van der Waals surface area contributed by atoms with Gasteiger partial charge in [0.15, 0.2) is 17.3 Å². The summed E-state index contributed by atoms with van der Waals surface area (Å²) < 4.78 is 43.8. The topological polar surface area (TPSA) is 150 Å². The Kier molecular flexibility index (Phi) is 6.75. The molecule has 208 valence electrons. The maximum absolute atomic E-state index is 13.9. The number of imidazole rings is 1. The summed E-state index contributed by atoms with van der Waals surface area (Å²) in [4.78, 5) is 35.3. The highest BCUT2D eigenvalue weighted by Crippen LogP contribution is 2.37. The van der Waals surface area contributed by atoms with Crippen molar-refractivity contribution >= 4 is 34.8 Å². The van der Waals surface area contributed by atoms with Gasteiger partial charge in [-0.2, -0.15) is 18.3 Å². The van der Waals surface area contributed by atoms with Gasteiger partial charge in [0.25, 0.3) is 11.8 Å². The number of nitrogen functional groups attached to an aromatic ring is 1. The van der Waals surface area contributed by atoms with Crippen LogP contribution in [0, 0.1) is 0 Å². The number of likely N-dealkylation sites (N-methyl/N-ethyl adjacent to an activating group) is 1. The lowest BCUT2D eigenvalue weighted by molar-refractivity contribution is -0.140. The molecule has 2 atom stereocenters. The quantitative estimate of drug-likeness (QED) is 0.320. The molecule has 3 heterocycles. The molecule has 5 rings (SSSR count). The smallest absolute Gasteiger partial charge is 0.397 e. The zero-order valence-corrected chi connectivity index (χ0v) is 21.9. The van der Waals surface area contributed by atoms with Crippen LogP contribution in [0.4, 0.5) is 24.5 Å². The normalized spacial score (nSPS) is 16.6. The largest absolute Gasteiger partial charge is 0.435 e. The fraction of sp³-hybridized carbons (Fsp3) is 0.240. The lowest BCUT2D eigenvalue weighted by atomic mass is 10.1. The number of pyridine rings is 1. The van der Waals surface area contributed by atoms with E-state index >= 15 is 0 Å². The predicted molar refractivity (Wildman–Crippen MR) is 141 cm³/mol. The number of benzene rings is 1. The molecule has 15 heteroatoms. The third-order valence-electron chi connectivity index (χ3n) is 6.54. The first-order valence-corrected chi connectivity index (χ1v) is 12.3. The molecule has 1 saturated carbocycles. The van der Waals surface area contributed by atoms with Crippen molar-refractivity contribution < 1.29 is 22.8 Å². The molecule has 5 N–H and O–H groups in total. The number of aromatic nitrogens is 5. The molecular weight excluding hydrogens is 551 g/mol. The molecule has 1 aromatic carbocycles. The summed E-state index contributed by atoms with van der Waals surface area (Å²) >= 11 is 6.32. The van der Waals surface area contributed by atoms with Crippen molar-refractivity contribution in [2.45, 2.75) is 24.7 Å². The highest BCUT2D eigenvalue weighted by Gasteiger charge is 2.40. The number of halogens is 4. The molecule has 1 aliphatic carbocycles. The first kappa shape index (κ1) is 27.1. The molecule has 0 spiro atoms. The molecule has 3 aromatic heterocycles. The van der Waals surface area contributed by atoms with Crippen LogP contribution in [0.1, 0.15) is 33.1 Å². The Morgan fingerprint density at radius 2 is 1.90 bits per heavy atom. The van der Waals surface area contributed by atoms with Crippen LogP contribution in [0.2, 0.25) is 5.02 Å². The summed E-state index contributed by atoms with van der Waals surface area (Å²) in [5.41, 5.74) is 10.8. The van der Waals surface area contributed by atoms with E-state index in [4.69, 9.17) is 23.1 Å². The van der Waals surface area contributed by atoms with Crippen LogP contribution in [0.25, 0.3) is 17.1 Å². The lowest BCUT2D eigenvalue weighted by Crippen LogP contribution is -2.32. The molecule has 0 radical (unpaired) electrons. The minimum absolute atomic E-state index is 0.000492. The van der Waals surface area contributed by atoms with E-state index in [1.165, 1.54) is 53.0 Å². The first-order chi connectivity index (χ1) is 18.8. The molecule has 11 nitrogen and oxygen atoms in total. The Bertz CT molecular complexity index is 1610. The number of carbonyl (C=O) groups is 2. The average Bonchev–Trinajstić information content (AvgIpc) is 3.27. The lowest BCUT2D eigenvalue weighted by Gasteiger charge is -2.18. The van der Waals surface area contributed by atoms with Crippen LogP contribution < -0.4 is 16.8 Å². The van der Waals surface area contributed by atoms with Gasteiger partial charge in [-0.05, 0) is 36.8 Å². The van der Waals surface area contributed by atoms with Gasteiger partial charge in [0.05, 0.1) is 39.9 Å². The molecule has 2 unspecified atom stereocenters. The molecule has 1 aliphatic rings. The number of nitrogens with two attached hydrogens (primary N) is 2. The Hall–Kier alpha value is -4.43. The number of hydrogen-bond donors (Lipinski definition) is 3. The average molecular weight is 574 g/mol. The number of hydrogen-bond acceptors (Lipinski definition) is 7. The van der Waals surface area contributed by atoms with E-state index in [-0.39, 0.29) is 57.2 Å². The number of alkyl halides is 3. The zero-order valence-electron chi connectivity index (χ0n) is 21.1. The summed E-state index contributed by atoms with van der Waals surface area (Å²) in [6.45, 7) is 0. The summed E-state index contributed by atoms with van der Waals surface area (Å²) in [6, 6.07) is 7.17. The predicted octanol–water partition coefficient (Wildman–Crippen LogP) is 3.35. The number of carbonyl (C=O) groups excluding carboxylic acids is 2. The highest BCUT2D eigenvalue weighted by molar-refractivity contribution is 6.34. The van der Waals surface area contributed by atoms with Gasteiger partial charge in [-0.1, -0.05) is 11.6 Å². The Labute approximate surface area is 230 Å². The second-order valence-electron chi connectivity index (χ2n) is 9.34. The van der Waals surface area contributed by atoms with Crippen molar-refractivity contribution in [3.8, 4) is 17.1 Å². The van der Waals surface area contributed by atoms with Gasteiger partial charge < -0.3 is 26.3 Å². The van der Waals surface area contributed by atoms with Crippen molar-refractivity contribution in [1.29, 1.82) is 0 Å². The maximum Gasteiger partial charge on any atom is 0.435 e. The van der Waals surface area contributed by atoms with Crippen molar-refractivity contribution in [3.05, 3.63) is 71.0 Å². The third-order valence-corrected chi connectivity index (χ3v) is 6.85. The van der Waals surface area contributed by atoms with Gasteiger partial charge in [0.1, 0.15) is 0 Å². The molecule has 0 saturated heterocycles. The van der Waals surface area contributed by atoms with Crippen LogP contribution in [0.15, 0.2) is 48.9 Å². The van der Waals surface area contributed by atoms with Crippen LogP contribution in [-0.2, 0) is 13.2 Å². The van der Waals surface area contributed by atoms with Crippen molar-refractivity contribution in [3.63, 3.8) is 0 Å². The number of rotatable bonds is 6. The molecule has 4 aromatic rings. The van der Waals surface area contributed by atoms with Gasteiger partial charge in [-0.3, -0.25) is 9.59 Å². The van der Waals surface area contributed by atoms with Gasteiger partial charge in [0.2, 0.25) is 0 Å². The van der Waals surface area contributed by atoms with Crippen LogP contribution in [0.5, 0.6) is 0 Å². The third kappa shape index (κ3) is 5.10. The van der Waals surface area contributed by atoms with E-state index in [0.29, 0.717) is 12.1 Å². The molecule has 0 bridgehead atoms. The standard InChI is InChI=1S/C25H23ClF3N9O2/c1-36-19(15-11-38(35-21(15)25(27,28)29)20-6-3-12(30)9-32-20)10-33-22(36)23(39)34-13-4-5-14(16(26)7-13)24(40)37(2)18-8-17(18)31/h3-7,9-11,17-18H,8,30-31H2,1-2H3,(H,34,39). The fourth-order valence-electron chi connectivity index (χ4n) is 4.23. The summed E-state index contributed by atoms with van der Waals surface area (Å²) in [5, 5.41) is 6.40. The number of anilines is 2. The number of nitrogens with one attached hydrogen (secondary N) is 1. The van der Waals surface area contributed by atoms with Crippen LogP contribution in [-0.4, -0.2) is 60.2 Å². The molecule has 40 heavy (non-hydrogen) atoms. The molecule has 0 aliphatic heterocycles. The highest BCUT2D eigenvalue weighted by atomic mass is 35.5. The van der Waals surface area contributed by atoms with Gasteiger partial charge in [-0.15, -0.1) is 0 Å². The first-order valence-electron chi connectivity index (χ1n) is 11.9. The van der Waals surface area contributed by atoms with E-state index < -0.39 is 17.8 Å². The van der Waals surface area contributed by atoms with Crippen LogP contribution in [0.3, 0.4) is 0 Å². The minimum Gasteiger partial charge on any atom is -0.397 e. The Balaban J connectivity index is 1.39. The van der Waals surface area contributed by atoms with Crippen LogP contribution >= 0.6 is 11.6 Å². The maximum atomic E-state index is 13.9. The monoisotopic (exact) mass is 573 g/mol. The van der Waals surface area contributed by atoms with Crippen molar-refractivity contribution in [2.24, 2.45) is 12.8 Å². The van der Waals surface area contributed by atoms with Crippen molar-refractivity contribution in [2.75, 3.05) is 18.1 Å².